The zero-order chi connectivity index (χ0) is 16.4. The standard InChI is InChI=1S/C17H18N4O2/c1-11(2)8-21-9-14(12-6-18-10-19-7-12)13-4-5-15(17(22)23-3)20-16(13)21/h4-7,9-11H,8H2,1-3H3. The maximum Gasteiger partial charge on any atom is 0.356 e. The quantitative estimate of drug-likeness (QED) is 0.693. The molecule has 3 heterocycles. The number of fused-ring (bicyclic) bond motifs is 1. The minimum Gasteiger partial charge on any atom is -0.464 e. The Morgan fingerprint density at radius 1 is 1.26 bits per heavy atom. The minimum absolute atomic E-state index is 0.305. The fourth-order valence-electron chi connectivity index (χ4n) is 2.58. The summed E-state index contributed by atoms with van der Waals surface area (Å²) in [5.74, 6) is 0.0165. The Balaban J connectivity index is 2.21. The van der Waals surface area contributed by atoms with Crippen molar-refractivity contribution in [2.75, 3.05) is 7.11 Å². The van der Waals surface area contributed by atoms with Crippen LogP contribution in [0.15, 0.2) is 37.1 Å². The Kier molecular flexibility index (Phi) is 4.06. The highest BCUT2D eigenvalue weighted by Crippen LogP contribution is 2.29. The van der Waals surface area contributed by atoms with Gasteiger partial charge in [0.05, 0.1) is 7.11 Å². The largest absolute Gasteiger partial charge is 0.464 e. The van der Waals surface area contributed by atoms with Crippen LogP contribution < -0.4 is 0 Å². The first kappa shape index (κ1) is 15.1. The summed E-state index contributed by atoms with van der Waals surface area (Å²) in [5.41, 5.74) is 3.00. The highest BCUT2D eigenvalue weighted by atomic mass is 16.5. The smallest absolute Gasteiger partial charge is 0.356 e. The lowest BCUT2D eigenvalue weighted by Crippen LogP contribution is -2.07. The average molecular weight is 310 g/mol. The number of methoxy groups -OCH3 is 1. The zero-order valence-electron chi connectivity index (χ0n) is 13.4. The van der Waals surface area contributed by atoms with E-state index in [0.717, 1.165) is 28.7 Å². The summed E-state index contributed by atoms with van der Waals surface area (Å²) in [6.45, 7) is 5.09. The molecular weight excluding hydrogens is 292 g/mol. The van der Waals surface area contributed by atoms with Gasteiger partial charge in [0, 0.05) is 41.6 Å². The molecule has 23 heavy (non-hydrogen) atoms. The summed E-state index contributed by atoms with van der Waals surface area (Å²) in [6.07, 6.45) is 7.09. The topological polar surface area (TPSA) is 69.9 Å². The van der Waals surface area contributed by atoms with Gasteiger partial charge in [-0.1, -0.05) is 13.8 Å². The van der Waals surface area contributed by atoms with Crippen LogP contribution in [0.5, 0.6) is 0 Å². The maximum atomic E-state index is 11.8. The molecule has 3 aromatic rings. The summed E-state index contributed by atoms with van der Waals surface area (Å²) in [6, 6.07) is 3.58. The Hall–Kier alpha value is -2.76. The Labute approximate surface area is 134 Å². The maximum absolute atomic E-state index is 11.8. The second-order valence-corrected chi connectivity index (χ2v) is 5.78. The third-order valence-electron chi connectivity index (χ3n) is 3.55. The van der Waals surface area contributed by atoms with Crippen molar-refractivity contribution >= 4 is 17.0 Å². The van der Waals surface area contributed by atoms with Gasteiger partial charge in [-0.05, 0) is 18.1 Å². The van der Waals surface area contributed by atoms with E-state index in [1.165, 1.54) is 13.4 Å². The van der Waals surface area contributed by atoms with Crippen molar-refractivity contribution in [1.29, 1.82) is 0 Å². The van der Waals surface area contributed by atoms with Crippen LogP contribution in [0.4, 0.5) is 0 Å². The molecule has 0 aliphatic rings. The molecule has 3 rings (SSSR count). The average Bonchev–Trinajstić information content (AvgIpc) is 2.92. The van der Waals surface area contributed by atoms with Gasteiger partial charge in [-0.3, -0.25) is 0 Å². The molecule has 0 N–H and O–H groups in total. The lowest BCUT2D eigenvalue weighted by atomic mass is 10.1. The number of carbonyl (C=O) groups excluding carboxylic acids is 1. The SMILES string of the molecule is COC(=O)c1ccc2c(-c3cncnc3)cn(CC(C)C)c2n1. The van der Waals surface area contributed by atoms with Crippen molar-refractivity contribution in [2.45, 2.75) is 20.4 Å². The van der Waals surface area contributed by atoms with Gasteiger partial charge >= 0.3 is 5.97 Å². The second-order valence-electron chi connectivity index (χ2n) is 5.78. The Morgan fingerprint density at radius 2 is 2.00 bits per heavy atom. The minimum atomic E-state index is -0.436. The van der Waals surface area contributed by atoms with Gasteiger partial charge in [0.1, 0.15) is 12.0 Å². The van der Waals surface area contributed by atoms with Gasteiger partial charge in [0.25, 0.3) is 0 Å². The van der Waals surface area contributed by atoms with Crippen molar-refractivity contribution in [1.82, 2.24) is 19.5 Å². The molecule has 0 atom stereocenters. The van der Waals surface area contributed by atoms with E-state index in [0.29, 0.717) is 11.6 Å². The van der Waals surface area contributed by atoms with Gasteiger partial charge in [0.15, 0.2) is 5.69 Å². The first-order valence-corrected chi connectivity index (χ1v) is 7.43. The van der Waals surface area contributed by atoms with Crippen molar-refractivity contribution in [3.05, 3.63) is 42.7 Å². The van der Waals surface area contributed by atoms with Crippen LogP contribution in [-0.4, -0.2) is 32.6 Å². The van der Waals surface area contributed by atoms with E-state index in [-0.39, 0.29) is 0 Å². The molecule has 0 saturated heterocycles. The van der Waals surface area contributed by atoms with Crippen LogP contribution >= 0.6 is 0 Å². The summed E-state index contributed by atoms with van der Waals surface area (Å²) in [4.78, 5) is 24.4. The van der Waals surface area contributed by atoms with Crippen LogP contribution in [0.3, 0.4) is 0 Å². The summed E-state index contributed by atoms with van der Waals surface area (Å²) in [7, 11) is 1.36. The predicted octanol–water partition coefficient (Wildman–Crippen LogP) is 2.94. The molecule has 6 nitrogen and oxygen atoms in total. The molecule has 0 saturated carbocycles. The van der Waals surface area contributed by atoms with E-state index in [9.17, 15) is 4.79 Å². The van der Waals surface area contributed by atoms with Crippen molar-refractivity contribution in [3.63, 3.8) is 0 Å². The summed E-state index contributed by atoms with van der Waals surface area (Å²) in [5, 5.41) is 0.966. The summed E-state index contributed by atoms with van der Waals surface area (Å²) >= 11 is 0. The molecule has 0 unspecified atom stereocenters. The molecule has 0 amide bonds. The Morgan fingerprint density at radius 3 is 2.65 bits per heavy atom. The highest BCUT2D eigenvalue weighted by molar-refractivity contribution is 5.97. The monoisotopic (exact) mass is 310 g/mol. The van der Waals surface area contributed by atoms with Crippen molar-refractivity contribution in [3.8, 4) is 11.1 Å². The van der Waals surface area contributed by atoms with Gasteiger partial charge in [0.2, 0.25) is 0 Å². The van der Waals surface area contributed by atoms with E-state index in [4.69, 9.17) is 4.74 Å². The number of hydrogen-bond donors (Lipinski definition) is 0. The van der Waals surface area contributed by atoms with Crippen molar-refractivity contribution in [2.24, 2.45) is 5.92 Å². The van der Waals surface area contributed by atoms with E-state index in [1.54, 1.807) is 18.5 Å². The van der Waals surface area contributed by atoms with Crippen LogP contribution in [0.1, 0.15) is 24.3 Å². The van der Waals surface area contributed by atoms with E-state index in [2.05, 4.69) is 33.4 Å². The molecule has 0 fully saturated rings. The molecule has 0 aliphatic carbocycles. The number of rotatable bonds is 4. The van der Waals surface area contributed by atoms with Crippen LogP contribution in [-0.2, 0) is 11.3 Å². The molecule has 0 aliphatic heterocycles. The number of hydrogen-bond acceptors (Lipinski definition) is 5. The number of carbonyl (C=O) groups is 1. The fourth-order valence-corrected chi connectivity index (χ4v) is 2.58. The predicted molar refractivity (Wildman–Crippen MR) is 86.9 cm³/mol. The third-order valence-corrected chi connectivity index (χ3v) is 3.55. The number of nitrogens with zero attached hydrogens (tertiary/aromatic N) is 4. The zero-order valence-corrected chi connectivity index (χ0v) is 13.4. The Bertz CT molecular complexity index is 840. The number of pyridine rings is 1. The third kappa shape index (κ3) is 2.92. The van der Waals surface area contributed by atoms with Gasteiger partial charge in [-0.2, -0.15) is 0 Å². The molecular formula is C17H18N4O2. The number of ether oxygens (including phenoxy) is 1. The van der Waals surface area contributed by atoms with Gasteiger partial charge in [-0.15, -0.1) is 0 Å². The molecule has 0 spiro atoms. The van der Waals surface area contributed by atoms with Crippen LogP contribution in [0.25, 0.3) is 22.2 Å². The van der Waals surface area contributed by atoms with Crippen LogP contribution in [0, 0.1) is 5.92 Å². The lowest BCUT2D eigenvalue weighted by molar-refractivity contribution is 0.0594. The lowest BCUT2D eigenvalue weighted by Gasteiger charge is -2.07. The van der Waals surface area contributed by atoms with E-state index in [1.807, 2.05) is 12.3 Å². The molecule has 0 radical (unpaired) electrons. The molecule has 6 heteroatoms. The first-order chi connectivity index (χ1) is 11.1. The number of esters is 1. The number of aromatic nitrogens is 4. The summed E-state index contributed by atoms with van der Waals surface area (Å²) < 4.78 is 6.83. The van der Waals surface area contributed by atoms with Crippen molar-refractivity contribution < 1.29 is 9.53 Å². The molecule has 118 valence electrons. The second kappa shape index (κ2) is 6.16. The normalized spacial score (nSPS) is 11.1. The highest BCUT2D eigenvalue weighted by Gasteiger charge is 2.16. The fraction of sp³-hybridized carbons (Fsp3) is 0.294. The molecule has 3 aromatic heterocycles. The molecule has 0 bridgehead atoms. The van der Waals surface area contributed by atoms with Gasteiger partial charge in [-0.25, -0.2) is 19.7 Å². The first-order valence-electron chi connectivity index (χ1n) is 7.43. The van der Waals surface area contributed by atoms with Crippen LogP contribution in [0.2, 0.25) is 0 Å². The van der Waals surface area contributed by atoms with E-state index >= 15 is 0 Å². The van der Waals surface area contributed by atoms with E-state index < -0.39 is 5.97 Å². The molecule has 0 aromatic carbocycles. The van der Waals surface area contributed by atoms with Gasteiger partial charge < -0.3 is 9.30 Å².